The van der Waals surface area contributed by atoms with Gasteiger partial charge in [-0.25, -0.2) is 0 Å². The highest BCUT2D eigenvalue weighted by atomic mass is 16.6. The smallest absolute Gasteiger partial charge is 0.292 e. The molecule has 92 valence electrons. The molecule has 0 radical (unpaired) electrons. The molecule has 1 aliphatic rings. The maximum Gasteiger partial charge on any atom is 0.292 e. The van der Waals surface area contributed by atoms with Crippen LogP contribution in [0.15, 0.2) is 18.2 Å². The van der Waals surface area contributed by atoms with E-state index < -0.39 is 4.92 Å². The van der Waals surface area contributed by atoms with E-state index in [9.17, 15) is 10.1 Å². The third-order valence-corrected chi connectivity index (χ3v) is 2.66. The van der Waals surface area contributed by atoms with E-state index in [0.717, 1.165) is 19.4 Å². The summed E-state index contributed by atoms with van der Waals surface area (Å²) in [7, 11) is 0. The lowest BCUT2D eigenvalue weighted by Gasteiger charge is -2.11. The SMILES string of the molecule is Nc1cc(OCC2CCCO2)ccc1[N+](=O)[O-]. The van der Waals surface area contributed by atoms with Crippen molar-refractivity contribution in [3.8, 4) is 5.75 Å². The Bertz CT molecular complexity index is 416. The topological polar surface area (TPSA) is 87.6 Å². The van der Waals surface area contributed by atoms with E-state index in [4.69, 9.17) is 15.2 Å². The number of benzene rings is 1. The van der Waals surface area contributed by atoms with E-state index in [1.807, 2.05) is 0 Å². The molecule has 1 heterocycles. The Balaban J connectivity index is 1.97. The predicted molar refractivity (Wildman–Crippen MR) is 62.0 cm³/mol. The fraction of sp³-hybridized carbons (Fsp3) is 0.455. The summed E-state index contributed by atoms with van der Waals surface area (Å²) in [5.41, 5.74) is 5.56. The van der Waals surface area contributed by atoms with Crippen LogP contribution in [0.1, 0.15) is 12.8 Å². The maximum absolute atomic E-state index is 10.6. The largest absolute Gasteiger partial charge is 0.491 e. The molecule has 1 aromatic carbocycles. The lowest BCUT2D eigenvalue weighted by Crippen LogP contribution is -2.16. The van der Waals surface area contributed by atoms with Crippen molar-refractivity contribution in [1.82, 2.24) is 0 Å². The number of hydrogen-bond acceptors (Lipinski definition) is 5. The van der Waals surface area contributed by atoms with Crippen LogP contribution in [0.25, 0.3) is 0 Å². The maximum atomic E-state index is 10.6. The highest BCUT2D eigenvalue weighted by Gasteiger charge is 2.17. The van der Waals surface area contributed by atoms with Crippen LogP contribution in [0.4, 0.5) is 11.4 Å². The van der Waals surface area contributed by atoms with Gasteiger partial charge in [0.1, 0.15) is 18.0 Å². The van der Waals surface area contributed by atoms with Gasteiger partial charge in [0.2, 0.25) is 0 Å². The summed E-state index contributed by atoms with van der Waals surface area (Å²) in [6, 6.07) is 4.36. The third-order valence-electron chi connectivity index (χ3n) is 2.66. The van der Waals surface area contributed by atoms with E-state index >= 15 is 0 Å². The molecule has 1 saturated heterocycles. The molecule has 6 heteroatoms. The Labute approximate surface area is 98.5 Å². The molecule has 0 amide bonds. The number of nitro groups is 1. The second kappa shape index (κ2) is 5.01. The monoisotopic (exact) mass is 238 g/mol. The average molecular weight is 238 g/mol. The molecular weight excluding hydrogens is 224 g/mol. The van der Waals surface area contributed by atoms with Crippen LogP contribution in [-0.2, 0) is 4.74 Å². The lowest BCUT2D eigenvalue weighted by atomic mass is 10.2. The van der Waals surface area contributed by atoms with Crippen molar-refractivity contribution in [2.75, 3.05) is 18.9 Å². The number of nitro benzene ring substituents is 1. The van der Waals surface area contributed by atoms with Gasteiger partial charge in [0.25, 0.3) is 5.69 Å². The first-order valence-corrected chi connectivity index (χ1v) is 5.45. The van der Waals surface area contributed by atoms with Gasteiger partial charge >= 0.3 is 0 Å². The zero-order valence-corrected chi connectivity index (χ0v) is 9.30. The van der Waals surface area contributed by atoms with Crippen LogP contribution in [-0.4, -0.2) is 24.2 Å². The molecule has 6 nitrogen and oxygen atoms in total. The number of nitrogens with two attached hydrogens (primary N) is 1. The Morgan fingerprint density at radius 2 is 2.41 bits per heavy atom. The molecule has 1 atom stereocenters. The number of nitrogen functional groups attached to an aromatic ring is 1. The Kier molecular flexibility index (Phi) is 3.43. The van der Waals surface area contributed by atoms with Gasteiger partial charge in [-0.05, 0) is 18.9 Å². The highest BCUT2D eigenvalue weighted by molar-refractivity contribution is 5.60. The predicted octanol–water partition coefficient (Wildman–Crippen LogP) is 1.73. The summed E-state index contributed by atoms with van der Waals surface area (Å²) in [4.78, 5) is 10.1. The minimum absolute atomic E-state index is 0.102. The Morgan fingerprint density at radius 3 is 3.00 bits per heavy atom. The summed E-state index contributed by atoms with van der Waals surface area (Å²) in [6.07, 6.45) is 2.16. The van der Waals surface area contributed by atoms with Crippen LogP contribution < -0.4 is 10.5 Å². The number of anilines is 1. The van der Waals surface area contributed by atoms with Gasteiger partial charge in [-0.2, -0.15) is 0 Å². The minimum atomic E-state index is -0.515. The minimum Gasteiger partial charge on any atom is -0.491 e. The van der Waals surface area contributed by atoms with Gasteiger partial charge in [-0.3, -0.25) is 10.1 Å². The van der Waals surface area contributed by atoms with E-state index in [1.54, 1.807) is 6.07 Å². The standard InChI is InChI=1S/C11H14N2O4/c12-10-6-8(3-4-11(10)13(14)15)17-7-9-2-1-5-16-9/h3-4,6,9H,1-2,5,7,12H2. The van der Waals surface area contributed by atoms with E-state index in [2.05, 4.69) is 0 Å². The summed E-state index contributed by atoms with van der Waals surface area (Å²) >= 11 is 0. The number of ether oxygens (including phenoxy) is 2. The second-order valence-corrected chi connectivity index (χ2v) is 3.92. The molecule has 0 aliphatic carbocycles. The molecule has 1 unspecified atom stereocenters. The molecular formula is C11H14N2O4. The second-order valence-electron chi connectivity index (χ2n) is 3.92. The average Bonchev–Trinajstić information content (AvgIpc) is 2.78. The molecule has 0 spiro atoms. The fourth-order valence-electron chi connectivity index (χ4n) is 1.75. The molecule has 0 aromatic heterocycles. The van der Waals surface area contributed by atoms with E-state index in [0.29, 0.717) is 12.4 Å². The molecule has 1 aromatic rings. The van der Waals surface area contributed by atoms with Gasteiger partial charge in [-0.1, -0.05) is 0 Å². The van der Waals surface area contributed by atoms with Gasteiger partial charge in [0.15, 0.2) is 0 Å². The summed E-state index contributed by atoms with van der Waals surface area (Å²) in [5.74, 6) is 0.531. The van der Waals surface area contributed by atoms with Crippen LogP contribution in [0.3, 0.4) is 0 Å². The Morgan fingerprint density at radius 1 is 1.59 bits per heavy atom. The van der Waals surface area contributed by atoms with Crippen LogP contribution >= 0.6 is 0 Å². The van der Waals surface area contributed by atoms with Crippen molar-refractivity contribution in [3.05, 3.63) is 28.3 Å². The normalized spacial score (nSPS) is 19.2. The summed E-state index contributed by atoms with van der Waals surface area (Å²) in [5, 5.41) is 10.6. The molecule has 0 bridgehead atoms. The zero-order chi connectivity index (χ0) is 12.3. The van der Waals surface area contributed by atoms with Crippen LogP contribution in [0.5, 0.6) is 5.75 Å². The van der Waals surface area contributed by atoms with Crippen molar-refractivity contribution in [2.24, 2.45) is 0 Å². The van der Waals surface area contributed by atoms with Gasteiger partial charge < -0.3 is 15.2 Å². The first kappa shape index (κ1) is 11.7. The number of hydrogen-bond donors (Lipinski definition) is 1. The van der Waals surface area contributed by atoms with Crippen molar-refractivity contribution in [3.63, 3.8) is 0 Å². The number of rotatable bonds is 4. The van der Waals surface area contributed by atoms with Crippen molar-refractivity contribution in [2.45, 2.75) is 18.9 Å². The third kappa shape index (κ3) is 2.85. The molecule has 0 saturated carbocycles. The Hall–Kier alpha value is -1.82. The van der Waals surface area contributed by atoms with Gasteiger partial charge in [0.05, 0.1) is 11.0 Å². The van der Waals surface area contributed by atoms with Crippen molar-refractivity contribution < 1.29 is 14.4 Å². The summed E-state index contributed by atoms with van der Waals surface area (Å²) in [6.45, 7) is 1.23. The molecule has 1 fully saturated rings. The van der Waals surface area contributed by atoms with Crippen LogP contribution in [0.2, 0.25) is 0 Å². The fourth-order valence-corrected chi connectivity index (χ4v) is 1.75. The quantitative estimate of drug-likeness (QED) is 0.490. The summed E-state index contributed by atoms with van der Waals surface area (Å²) < 4.78 is 10.9. The van der Waals surface area contributed by atoms with Gasteiger partial charge in [0, 0.05) is 18.7 Å². The first-order chi connectivity index (χ1) is 8.16. The molecule has 2 N–H and O–H groups in total. The first-order valence-electron chi connectivity index (χ1n) is 5.45. The zero-order valence-electron chi connectivity index (χ0n) is 9.30. The van der Waals surface area contributed by atoms with Crippen molar-refractivity contribution in [1.29, 1.82) is 0 Å². The van der Waals surface area contributed by atoms with E-state index in [1.165, 1.54) is 12.1 Å². The van der Waals surface area contributed by atoms with Gasteiger partial charge in [-0.15, -0.1) is 0 Å². The number of nitrogens with zero attached hydrogens (tertiary/aromatic N) is 1. The van der Waals surface area contributed by atoms with Crippen molar-refractivity contribution >= 4 is 11.4 Å². The van der Waals surface area contributed by atoms with Crippen LogP contribution in [0, 0.1) is 10.1 Å². The molecule has 17 heavy (non-hydrogen) atoms. The van der Waals surface area contributed by atoms with E-state index in [-0.39, 0.29) is 17.5 Å². The molecule has 1 aliphatic heterocycles. The molecule has 2 rings (SSSR count). The lowest BCUT2D eigenvalue weighted by molar-refractivity contribution is -0.383. The highest BCUT2D eigenvalue weighted by Crippen LogP contribution is 2.26.